The first-order valence-corrected chi connectivity index (χ1v) is 6.86. The molecule has 1 N–H and O–H groups in total. The van der Waals surface area contributed by atoms with Gasteiger partial charge in [0.1, 0.15) is 0 Å². The van der Waals surface area contributed by atoms with Gasteiger partial charge in [-0.15, -0.1) is 0 Å². The van der Waals surface area contributed by atoms with Gasteiger partial charge in [0.2, 0.25) is 5.82 Å². The molecule has 0 bridgehead atoms. The van der Waals surface area contributed by atoms with Crippen LogP contribution in [0.2, 0.25) is 0 Å². The van der Waals surface area contributed by atoms with Gasteiger partial charge < -0.3 is 4.57 Å². The standard InChI is InChI=1S/C16H13N5O2/c22-21(23)15-7-4-9-17-16(15)19-18-11-13-8-10-20(12-13)14-5-2-1-3-6-14/h1-12H,(H,17,19)/b18-11-. The summed E-state index contributed by atoms with van der Waals surface area (Å²) in [7, 11) is 0. The second-order valence-corrected chi connectivity index (χ2v) is 4.69. The maximum atomic E-state index is 10.9. The molecule has 3 rings (SSSR count). The van der Waals surface area contributed by atoms with Crippen LogP contribution in [0.25, 0.3) is 5.69 Å². The summed E-state index contributed by atoms with van der Waals surface area (Å²) in [6.45, 7) is 0. The fourth-order valence-corrected chi connectivity index (χ4v) is 2.05. The molecular formula is C16H13N5O2. The van der Waals surface area contributed by atoms with Crippen molar-refractivity contribution >= 4 is 17.7 Å². The molecule has 0 fully saturated rings. The largest absolute Gasteiger partial charge is 0.323 e. The zero-order chi connectivity index (χ0) is 16.1. The van der Waals surface area contributed by atoms with Gasteiger partial charge in [-0.1, -0.05) is 18.2 Å². The monoisotopic (exact) mass is 307 g/mol. The maximum absolute atomic E-state index is 10.9. The predicted molar refractivity (Wildman–Crippen MR) is 87.9 cm³/mol. The fourth-order valence-electron chi connectivity index (χ4n) is 2.05. The Morgan fingerprint density at radius 2 is 2.00 bits per heavy atom. The van der Waals surface area contributed by atoms with Gasteiger partial charge in [-0.05, 0) is 24.3 Å². The molecule has 0 saturated heterocycles. The SMILES string of the molecule is O=[N+]([O-])c1cccnc1N/N=C\c1ccn(-c2ccccc2)c1. The van der Waals surface area contributed by atoms with E-state index in [0.29, 0.717) is 0 Å². The number of anilines is 1. The zero-order valence-corrected chi connectivity index (χ0v) is 12.0. The highest BCUT2D eigenvalue weighted by Gasteiger charge is 2.12. The van der Waals surface area contributed by atoms with Crippen molar-refractivity contribution < 1.29 is 4.92 Å². The summed E-state index contributed by atoms with van der Waals surface area (Å²) in [5, 5.41) is 14.9. The van der Waals surface area contributed by atoms with Gasteiger partial charge in [0, 0.05) is 35.9 Å². The van der Waals surface area contributed by atoms with E-state index >= 15 is 0 Å². The molecule has 0 aliphatic carbocycles. The minimum absolute atomic E-state index is 0.108. The van der Waals surface area contributed by atoms with Gasteiger partial charge in [-0.25, -0.2) is 4.98 Å². The van der Waals surface area contributed by atoms with E-state index < -0.39 is 4.92 Å². The van der Waals surface area contributed by atoms with Gasteiger partial charge >= 0.3 is 5.69 Å². The molecule has 0 atom stereocenters. The first-order chi connectivity index (χ1) is 11.2. The van der Waals surface area contributed by atoms with Crippen LogP contribution in [0.3, 0.4) is 0 Å². The first kappa shape index (κ1) is 14.5. The molecule has 2 heterocycles. The van der Waals surface area contributed by atoms with E-state index in [1.54, 1.807) is 6.21 Å². The van der Waals surface area contributed by atoms with E-state index in [0.717, 1.165) is 11.3 Å². The van der Waals surface area contributed by atoms with Gasteiger partial charge in [-0.2, -0.15) is 5.10 Å². The van der Waals surface area contributed by atoms with Crippen molar-refractivity contribution in [1.29, 1.82) is 0 Å². The number of hydrazone groups is 1. The van der Waals surface area contributed by atoms with Crippen LogP contribution in [-0.2, 0) is 0 Å². The lowest BCUT2D eigenvalue weighted by Gasteiger charge is -2.00. The zero-order valence-electron chi connectivity index (χ0n) is 12.0. The number of aromatic nitrogens is 2. The summed E-state index contributed by atoms with van der Waals surface area (Å²) in [5.74, 6) is 0.108. The molecule has 23 heavy (non-hydrogen) atoms. The third-order valence-electron chi connectivity index (χ3n) is 3.14. The molecule has 0 aliphatic heterocycles. The van der Waals surface area contributed by atoms with Crippen LogP contribution >= 0.6 is 0 Å². The lowest BCUT2D eigenvalue weighted by molar-refractivity contribution is -0.384. The van der Waals surface area contributed by atoms with Crippen LogP contribution in [0, 0.1) is 10.1 Å². The molecule has 0 amide bonds. The molecule has 7 heteroatoms. The number of nitrogens with zero attached hydrogens (tertiary/aromatic N) is 4. The minimum atomic E-state index is -0.503. The van der Waals surface area contributed by atoms with Crippen LogP contribution in [0.1, 0.15) is 5.56 Å². The van der Waals surface area contributed by atoms with E-state index in [4.69, 9.17) is 0 Å². The number of nitro groups is 1. The summed E-state index contributed by atoms with van der Waals surface area (Å²) < 4.78 is 1.96. The summed E-state index contributed by atoms with van der Waals surface area (Å²) in [6.07, 6.45) is 6.88. The van der Waals surface area contributed by atoms with Gasteiger partial charge in [0.25, 0.3) is 0 Å². The Labute approximate surface area is 132 Å². The summed E-state index contributed by atoms with van der Waals surface area (Å²) in [4.78, 5) is 14.3. The van der Waals surface area contributed by atoms with Crippen molar-refractivity contribution in [2.24, 2.45) is 5.10 Å². The van der Waals surface area contributed by atoms with Crippen LogP contribution in [0.4, 0.5) is 11.5 Å². The summed E-state index contributed by atoms with van der Waals surface area (Å²) in [6, 6.07) is 14.6. The third-order valence-corrected chi connectivity index (χ3v) is 3.14. The van der Waals surface area contributed by atoms with Gasteiger partial charge in [-0.3, -0.25) is 15.5 Å². The highest BCUT2D eigenvalue weighted by molar-refractivity contribution is 5.80. The first-order valence-electron chi connectivity index (χ1n) is 6.86. The Morgan fingerprint density at radius 3 is 2.78 bits per heavy atom. The topological polar surface area (TPSA) is 85.3 Å². The average molecular weight is 307 g/mol. The maximum Gasteiger partial charge on any atom is 0.313 e. The van der Waals surface area contributed by atoms with E-state index in [2.05, 4.69) is 15.5 Å². The minimum Gasteiger partial charge on any atom is -0.323 e. The lowest BCUT2D eigenvalue weighted by Crippen LogP contribution is -1.98. The van der Waals surface area contributed by atoms with E-state index in [1.807, 2.05) is 53.4 Å². The Balaban J connectivity index is 1.72. The van der Waals surface area contributed by atoms with Crippen LogP contribution in [0.15, 0.2) is 72.2 Å². The fraction of sp³-hybridized carbons (Fsp3) is 0. The molecule has 2 aromatic heterocycles. The highest BCUT2D eigenvalue weighted by Crippen LogP contribution is 2.20. The Bertz CT molecular complexity index is 842. The molecule has 3 aromatic rings. The number of benzene rings is 1. The molecule has 114 valence electrons. The van der Waals surface area contributed by atoms with Crippen molar-refractivity contribution in [2.45, 2.75) is 0 Å². The number of hydrogen-bond donors (Lipinski definition) is 1. The van der Waals surface area contributed by atoms with Crippen molar-refractivity contribution in [3.8, 4) is 5.69 Å². The molecule has 0 radical (unpaired) electrons. The van der Waals surface area contributed by atoms with E-state index in [9.17, 15) is 10.1 Å². The Morgan fingerprint density at radius 1 is 1.17 bits per heavy atom. The number of rotatable bonds is 5. The Kier molecular flexibility index (Phi) is 4.10. The van der Waals surface area contributed by atoms with Crippen LogP contribution in [0.5, 0.6) is 0 Å². The van der Waals surface area contributed by atoms with Crippen LogP contribution in [-0.4, -0.2) is 20.7 Å². The van der Waals surface area contributed by atoms with Crippen LogP contribution < -0.4 is 5.43 Å². The lowest BCUT2D eigenvalue weighted by atomic mass is 10.3. The molecule has 1 aromatic carbocycles. The second kappa shape index (κ2) is 6.52. The molecule has 0 unspecified atom stereocenters. The van der Waals surface area contributed by atoms with E-state index in [1.165, 1.54) is 18.3 Å². The highest BCUT2D eigenvalue weighted by atomic mass is 16.6. The number of hydrogen-bond acceptors (Lipinski definition) is 5. The smallest absolute Gasteiger partial charge is 0.313 e. The molecule has 7 nitrogen and oxygen atoms in total. The van der Waals surface area contributed by atoms with Crippen molar-refractivity contribution in [2.75, 3.05) is 5.43 Å². The normalized spacial score (nSPS) is 10.8. The van der Waals surface area contributed by atoms with Crippen molar-refractivity contribution in [1.82, 2.24) is 9.55 Å². The molecule has 0 saturated carbocycles. The van der Waals surface area contributed by atoms with Gasteiger partial charge in [0.05, 0.1) is 11.1 Å². The third kappa shape index (κ3) is 3.41. The predicted octanol–water partition coefficient (Wildman–Crippen LogP) is 3.23. The quantitative estimate of drug-likeness (QED) is 0.445. The average Bonchev–Trinajstić information content (AvgIpc) is 3.05. The molecule has 0 spiro atoms. The van der Waals surface area contributed by atoms with Gasteiger partial charge in [0.15, 0.2) is 0 Å². The van der Waals surface area contributed by atoms with E-state index in [-0.39, 0.29) is 11.5 Å². The molecule has 0 aliphatic rings. The number of pyridine rings is 1. The van der Waals surface area contributed by atoms with Crippen molar-refractivity contribution in [3.05, 3.63) is 82.8 Å². The number of nitrogens with one attached hydrogen (secondary N) is 1. The second-order valence-electron chi connectivity index (χ2n) is 4.69. The Hall–Kier alpha value is -3.48. The summed E-state index contributed by atoms with van der Waals surface area (Å²) in [5.41, 5.74) is 4.38. The molecular weight excluding hydrogens is 294 g/mol. The summed E-state index contributed by atoms with van der Waals surface area (Å²) >= 11 is 0. The number of para-hydroxylation sites is 1. The van der Waals surface area contributed by atoms with Crippen molar-refractivity contribution in [3.63, 3.8) is 0 Å².